The van der Waals surface area contributed by atoms with Gasteiger partial charge in [0.15, 0.2) is 15.8 Å². The van der Waals surface area contributed by atoms with E-state index in [1.165, 1.54) is 18.2 Å². The minimum absolute atomic E-state index is 0.0490. The molecule has 0 aliphatic heterocycles. The summed E-state index contributed by atoms with van der Waals surface area (Å²) in [5, 5.41) is 13.5. The van der Waals surface area contributed by atoms with Gasteiger partial charge >= 0.3 is 0 Å². The lowest BCUT2D eigenvalue weighted by Crippen LogP contribution is -2.13. The van der Waals surface area contributed by atoms with Crippen molar-refractivity contribution in [3.8, 4) is 17.2 Å². The molecule has 0 saturated carbocycles. The Labute approximate surface area is 210 Å². The summed E-state index contributed by atoms with van der Waals surface area (Å²) in [4.78, 5) is 25.0. The molecule has 0 fully saturated rings. The van der Waals surface area contributed by atoms with Crippen LogP contribution >= 0.6 is 23.1 Å². The van der Waals surface area contributed by atoms with E-state index in [0.717, 1.165) is 23.1 Å². The van der Waals surface area contributed by atoms with Crippen molar-refractivity contribution in [3.63, 3.8) is 0 Å². The second-order valence-corrected chi connectivity index (χ2v) is 8.98. The Morgan fingerprint density at radius 1 is 0.971 bits per heavy atom. The molecule has 9 nitrogen and oxygen atoms in total. The Hall–Kier alpha value is -3.38. The molecule has 1 aromatic heterocycles. The van der Waals surface area contributed by atoms with Crippen molar-refractivity contribution in [1.29, 1.82) is 0 Å². The number of carbonyl (C=O) groups is 2. The molecule has 0 unspecified atom stereocenters. The third kappa shape index (κ3) is 7.55. The fourth-order valence-corrected chi connectivity index (χ4v) is 4.45. The Morgan fingerprint density at radius 3 is 2.29 bits per heavy atom. The summed E-state index contributed by atoms with van der Waals surface area (Å²) in [5.74, 6) is 0.127. The lowest BCUT2D eigenvalue weighted by Gasteiger charge is -2.16. The number of nitrogens with zero attached hydrogens (tertiary/aromatic N) is 2. The number of rotatable bonds is 12. The fourth-order valence-electron chi connectivity index (χ4n) is 2.90. The van der Waals surface area contributed by atoms with Crippen molar-refractivity contribution in [2.45, 2.75) is 25.1 Å². The molecule has 12 heteroatoms. The van der Waals surface area contributed by atoms with Gasteiger partial charge in [0.2, 0.25) is 16.8 Å². The highest BCUT2D eigenvalue weighted by atomic mass is 32.2. The number of aromatic nitrogens is 2. The minimum atomic E-state index is -0.436. The van der Waals surface area contributed by atoms with Gasteiger partial charge in [-0.2, -0.15) is 0 Å². The molecule has 0 aliphatic rings. The first-order valence-corrected chi connectivity index (χ1v) is 12.6. The highest BCUT2D eigenvalue weighted by Crippen LogP contribution is 2.39. The lowest BCUT2D eigenvalue weighted by molar-refractivity contribution is -0.113. The Balaban J connectivity index is 1.64. The molecule has 2 N–H and O–H groups in total. The molecule has 3 aromatic rings. The number of nitrogens with one attached hydrogen (secondary N) is 2. The normalized spacial score (nSPS) is 10.5. The van der Waals surface area contributed by atoms with Crippen LogP contribution in [0.4, 0.5) is 15.2 Å². The van der Waals surface area contributed by atoms with E-state index in [1.807, 2.05) is 20.8 Å². The van der Waals surface area contributed by atoms with Crippen LogP contribution in [0.15, 0.2) is 40.7 Å². The Bertz CT molecular complexity index is 1150. The molecule has 186 valence electrons. The van der Waals surface area contributed by atoms with Crippen molar-refractivity contribution >= 4 is 45.7 Å². The highest BCUT2D eigenvalue weighted by molar-refractivity contribution is 8.01. The smallest absolute Gasteiger partial charge is 0.257 e. The molecule has 2 aromatic carbocycles. The van der Waals surface area contributed by atoms with Gasteiger partial charge in [-0.3, -0.25) is 14.9 Å². The molecule has 1 heterocycles. The second-order valence-electron chi connectivity index (χ2n) is 6.78. The van der Waals surface area contributed by atoms with E-state index >= 15 is 0 Å². The maximum atomic E-state index is 13.2. The standard InChI is InChI=1S/C23H25FN4O5S2/c1-4-31-17-10-14(11-18(32-5-2)20(17)33-6-3)21(30)26-22-27-28-23(35-22)34-13-19(29)25-16-9-7-8-15(24)12-16/h7-12H,4-6,13H2,1-3H3,(H,25,29)(H,26,27,30). The minimum Gasteiger partial charge on any atom is -0.490 e. The number of thioether (sulfide) groups is 1. The summed E-state index contributed by atoms with van der Waals surface area (Å²) in [6.07, 6.45) is 0. The van der Waals surface area contributed by atoms with Crippen molar-refractivity contribution in [1.82, 2.24) is 10.2 Å². The summed E-state index contributed by atoms with van der Waals surface area (Å²) in [6.45, 7) is 6.71. The zero-order chi connectivity index (χ0) is 25.2. The van der Waals surface area contributed by atoms with Crippen LogP contribution in [0.3, 0.4) is 0 Å². The van der Waals surface area contributed by atoms with Crippen molar-refractivity contribution in [3.05, 3.63) is 47.8 Å². The molecule has 0 aliphatic carbocycles. The van der Waals surface area contributed by atoms with Crippen LogP contribution in [-0.2, 0) is 4.79 Å². The van der Waals surface area contributed by atoms with Crippen LogP contribution in [0.5, 0.6) is 17.2 Å². The van der Waals surface area contributed by atoms with Crippen LogP contribution < -0.4 is 24.8 Å². The van der Waals surface area contributed by atoms with Gasteiger partial charge in [-0.05, 0) is 51.1 Å². The fraction of sp³-hybridized carbons (Fsp3) is 0.304. The predicted molar refractivity (Wildman–Crippen MR) is 134 cm³/mol. The van der Waals surface area contributed by atoms with E-state index in [4.69, 9.17) is 14.2 Å². The van der Waals surface area contributed by atoms with Crippen LogP contribution in [0, 0.1) is 5.82 Å². The van der Waals surface area contributed by atoms with Crippen molar-refractivity contribution in [2.75, 3.05) is 36.2 Å². The van der Waals surface area contributed by atoms with Gasteiger partial charge in [-0.15, -0.1) is 10.2 Å². The van der Waals surface area contributed by atoms with E-state index in [9.17, 15) is 14.0 Å². The molecule has 0 bridgehead atoms. The third-order valence-electron chi connectivity index (χ3n) is 4.23. The van der Waals surface area contributed by atoms with Crippen molar-refractivity contribution < 1.29 is 28.2 Å². The summed E-state index contributed by atoms with van der Waals surface area (Å²) in [6, 6.07) is 8.80. The lowest BCUT2D eigenvalue weighted by atomic mass is 10.1. The first-order valence-electron chi connectivity index (χ1n) is 10.8. The first-order chi connectivity index (χ1) is 16.9. The summed E-state index contributed by atoms with van der Waals surface area (Å²) in [5.41, 5.74) is 0.674. The van der Waals surface area contributed by atoms with E-state index in [2.05, 4.69) is 20.8 Å². The maximum Gasteiger partial charge on any atom is 0.257 e. The molecule has 35 heavy (non-hydrogen) atoms. The third-order valence-corrected chi connectivity index (χ3v) is 6.21. The van der Waals surface area contributed by atoms with Crippen molar-refractivity contribution in [2.24, 2.45) is 0 Å². The SMILES string of the molecule is CCOc1cc(C(=O)Nc2nnc(SCC(=O)Nc3cccc(F)c3)s2)cc(OCC)c1OCC. The van der Waals surface area contributed by atoms with Gasteiger partial charge in [-0.25, -0.2) is 4.39 Å². The number of hydrogen-bond acceptors (Lipinski definition) is 9. The Kier molecular flexibility index (Phi) is 9.67. The maximum absolute atomic E-state index is 13.2. The van der Waals surface area contributed by atoms with Gasteiger partial charge in [0.25, 0.3) is 5.91 Å². The number of ether oxygens (including phenoxy) is 3. The zero-order valence-electron chi connectivity index (χ0n) is 19.4. The highest BCUT2D eigenvalue weighted by Gasteiger charge is 2.19. The average molecular weight is 521 g/mol. The number of amides is 2. The predicted octanol–water partition coefficient (Wildman–Crippen LogP) is 4.86. The first kappa shape index (κ1) is 26.2. The van der Waals surface area contributed by atoms with E-state index in [1.54, 1.807) is 18.2 Å². The zero-order valence-corrected chi connectivity index (χ0v) is 21.1. The topological polar surface area (TPSA) is 112 Å². The number of benzene rings is 2. The molecule has 0 radical (unpaired) electrons. The molecule has 0 saturated heterocycles. The molecule has 3 rings (SSSR count). The van der Waals surface area contributed by atoms with Crippen LogP contribution in [0.2, 0.25) is 0 Å². The van der Waals surface area contributed by atoms with Gasteiger partial charge in [0, 0.05) is 11.3 Å². The van der Waals surface area contributed by atoms with Gasteiger partial charge < -0.3 is 19.5 Å². The molecule has 2 amide bonds. The van der Waals surface area contributed by atoms with E-state index in [0.29, 0.717) is 52.7 Å². The molecule has 0 atom stereocenters. The summed E-state index contributed by atoms with van der Waals surface area (Å²) >= 11 is 2.28. The molecular formula is C23H25FN4O5S2. The largest absolute Gasteiger partial charge is 0.490 e. The number of halogens is 1. The van der Waals surface area contributed by atoms with Crippen LogP contribution in [0.25, 0.3) is 0 Å². The van der Waals surface area contributed by atoms with E-state index < -0.39 is 11.7 Å². The van der Waals surface area contributed by atoms with Gasteiger partial charge in [-0.1, -0.05) is 29.2 Å². The number of hydrogen-bond donors (Lipinski definition) is 2. The molecule has 0 spiro atoms. The monoisotopic (exact) mass is 520 g/mol. The summed E-state index contributed by atoms with van der Waals surface area (Å²) < 4.78 is 30.7. The number of anilines is 2. The van der Waals surface area contributed by atoms with Gasteiger partial charge in [0.05, 0.1) is 25.6 Å². The average Bonchev–Trinajstić information content (AvgIpc) is 3.27. The van der Waals surface area contributed by atoms with Crippen LogP contribution in [-0.4, -0.2) is 47.6 Å². The van der Waals surface area contributed by atoms with Gasteiger partial charge in [0.1, 0.15) is 5.82 Å². The molecular weight excluding hydrogens is 495 g/mol. The quantitative estimate of drug-likeness (QED) is 0.257. The number of carbonyl (C=O) groups excluding carboxylic acids is 2. The van der Waals surface area contributed by atoms with Crippen LogP contribution in [0.1, 0.15) is 31.1 Å². The Morgan fingerprint density at radius 2 is 1.66 bits per heavy atom. The summed E-state index contributed by atoms with van der Waals surface area (Å²) in [7, 11) is 0. The second kappa shape index (κ2) is 12.9. The van der Waals surface area contributed by atoms with E-state index in [-0.39, 0.29) is 16.8 Å².